The van der Waals surface area contributed by atoms with Crippen LogP contribution in [0.1, 0.15) is 6.42 Å². The molecule has 0 nitrogen and oxygen atoms in total. The van der Waals surface area contributed by atoms with Gasteiger partial charge < -0.3 is 0 Å². The van der Waals surface area contributed by atoms with Crippen LogP contribution < -0.4 is 0 Å². The number of hydrogen-bond donors (Lipinski definition) is 3. The monoisotopic (exact) mass is 138 g/mol. The summed E-state index contributed by atoms with van der Waals surface area (Å²) in [5, 5.41) is 0.421. The maximum atomic E-state index is 4.12. The summed E-state index contributed by atoms with van der Waals surface area (Å²) in [5.41, 5.74) is 0. The summed E-state index contributed by atoms with van der Waals surface area (Å²) in [5.74, 6) is 0. The Hall–Kier alpha value is 1.05. The van der Waals surface area contributed by atoms with Crippen molar-refractivity contribution in [3.8, 4) is 0 Å². The highest BCUT2D eigenvalue weighted by Crippen LogP contribution is 2.49. The molecule has 0 saturated heterocycles. The molecule has 1 aliphatic rings. The summed E-state index contributed by atoms with van der Waals surface area (Å²) in [6.07, 6.45) is 1.03. The second-order valence-corrected chi connectivity index (χ2v) is 4.17. The average molecular weight is 138 g/mol. The van der Waals surface area contributed by atoms with Crippen LogP contribution in [0, 0.1) is 0 Å². The molecule has 0 N–H and O–H groups in total. The first kappa shape index (κ1) is 5.19. The zero-order chi connectivity index (χ0) is 4.78. The van der Waals surface area contributed by atoms with E-state index in [1.54, 1.807) is 0 Å². The van der Waals surface area contributed by atoms with Gasteiger partial charge >= 0.3 is 0 Å². The van der Waals surface area contributed by atoms with Crippen molar-refractivity contribution >= 4 is 37.9 Å². The van der Waals surface area contributed by atoms with E-state index in [2.05, 4.69) is 37.9 Å². The Morgan fingerprint density at radius 2 is 1.67 bits per heavy atom. The lowest BCUT2D eigenvalue weighted by Crippen LogP contribution is -1.84. The lowest BCUT2D eigenvalue weighted by molar-refractivity contribution is 1.44. The van der Waals surface area contributed by atoms with Gasteiger partial charge in [-0.25, -0.2) is 0 Å². The van der Waals surface area contributed by atoms with E-state index in [0.29, 0.717) is 5.25 Å². The molecular formula is C3H6S3. The average Bonchev–Trinajstić information content (AvgIpc) is 1.73. The van der Waals surface area contributed by atoms with Gasteiger partial charge in [0.15, 0.2) is 0 Å². The predicted octanol–water partition coefficient (Wildman–Crippen LogP) is 1.24. The smallest absolute Gasteiger partial charge is 0.0679 e. The highest BCUT2D eigenvalue weighted by molar-refractivity contribution is 8.03. The third kappa shape index (κ3) is 0.820. The molecule has 3 heteroatoms. The predicted molar refractivity (Wildman–Crippen MR) is 38.1 cm³/mol. The van der Waals surface area contributed by atoms with E-state index >= 15 is 0 Å². The van der Waals surface area contributed by atoms with E-state index in [1.165, 1.54) is 0 Å². The second kappa shape index (κ2) is 1.26. The molecule has 0 aliphatic heterocycles. The molecule has 0 spiro atoms. The van der Waals surface area contributed by atoms with Gasteiger partial charge in [-0.2, -0.15) is 37.9 Å². The quantitative estimate of drug-likeness (QED) is 0.325. The molecule has 0 aromatic rings. The first-order chi connectivity index (χ1) is 2.63. The van der Waals surface area contributed by atoms with Crippen LogP contribution in [-0.2, 0) is 0 Å². The van der Waals surface area contributed by atoms with E-state index in [4.69, 9.17) is 0 Å². The van der Waals surface area contributed by atoms with Gasteiger partial charge in [-0.1, -0.05) is 0 Å². The normalized spacial score (nSPS) is 39.5. The first-order valence-electron chi connectivity index (χ1n) is 1.76. The van der Waals surface area contributed by atoms with Gasteiger partial charge in [-0.3, -0.25) is 0 Å². The summed E-state index contributed by atoms with van der Waals surface area (Å²) >= 11 is 12.3. The third-order valence-electron chi connectivity index (χ3n) is 0.867. The zero-order valence-corrected chi connectivity index (χ0v) is 5.81. The minimum absolute atomic E-state index is 0.0386. The van der Waals surface area contributed by atoms with Crippen LogP contribution in [0.15, 0.2) is 0 Å². The van der Waals surface area contributed by atoms with Crippen molar-refractivity contribution in [2.24, 2.45) is 0 Å². The van der Waals surface area contributed by atoms with Crippen molar-refractivity contribution < 1.29 is 0 Å². The van der Waals surface area contributed by atoms with Gasteiger partial charge in [0.1, 0.15) is 0 Å². The van der Waals surface area contributed by atoms with Crippen LogP contribution in [0.25, 0.3) is 0 Å². The van der Waals surface area contributed by atoms with Gasteiger partial charge in [-0.05, 0) is 6.42 Å². The highest BCUT2D eigenvalue weighted by atomic mass is 32.2. The molecule has 1 unspecified atom stereocenters. The lowest BCUT2D eigenvalue weighted by Gasteiger charge is -1.89. The van der Waals surface area contributed by atoms with Gasteiger partial charge in [0.25, 0.3) is 0 Å². The summed E-state index contributed by atoms with van der Waals surface area (Å²) in [6.45, 7) is 0. The number of hydrogen-bond acceptors (Lipinski definition) is 3. The minimum Gasteiger partial charge on any atom is -0.174 e. The first-order valence-corrected chi connectivity index (χ1v) is 3.17. The number of rotatable bonds is 0. The molecule has 0 bridgehead atoms. The van der Waals surface area contributed by atoms with Crippen LogP contribution in [0.3, 0.4) is 0 Å². The molecule has 6 heavy (non-hydrogen) atoms. The Bertz CT molecular complexity index is 68.4. The van der Waals surface area contributed by atoms with Gasteiger partial charge in [0.05, 0.1) is 4.08 Å². The number of thiol groups is 3. The van der Waals surface area contributed by atoms with Crippen LogP contribution in [-0.4, -0.2) is 9.33 Å². The molecule has 36 valence electrons. The van der Waals surface area contributed by atoms with Crippen molar-refractivity contribution in [1.29, 1.82) is 0 Å². The molecule has 0 amide bonds. The van der Waals surface area contributed by atoms with E-state index in [1.807, 2.05) is 0 Å². The molecular weight excluding hydrogens is 132 g/mol. The largest absolute Gasteiger partial charge is 0.174 e. The Labute approximate surface area is 53.9 Å². The fraction of sp³-hybridized carbons (Fsp3) is 1.00. The van der Waals surface area contributed by atoms with E-state index < -0.39 is 0 Å². The molecule has 0 radical (unpaired) electrons. The van der Waals surface area contributed by atoms with E-state index in [0.717, 1.165) is 6.42 Å². The summed E-state index contributed by atoms with van der Waals surface area (Å²) in [7, 11) is 0. The Kier molecular flexibility index (Phi) is 1.09. The maximum Gasteiger partial charge on any atom is 0.0679 e. The Balaban J connectivity index is 2.41. The summed E-state index contributed by atoms with van der Waals surface area (Å²) < 4.78 is -0.0386. The Morgan fingerprint density at radius 3 is 1.67 bits per heavy atom. The van der Waals surface area contributed by atoms with E-state index in [9.17, 15) is 0 Å². The lowest BCUT2D eigenvalue weighted by atomic mass is 10.9. The zero-order valence-electron chi connectivity index (χ0n) is 3.13. The fourth-order valence-corrected chi connectivity index (χ4v) is 1.17. The van der Waals surface area contributed by atoms with Crippen molar-refractivity contribution in [1.82, 2.24) is 0 Å². The van der Waals surface area contributed by atoms with Gasteiger partial charge in [0, 0.05) is 5.25 Å². The molecule has 0 heterocycles. The highest BCUT2D eigenvalue weighted by Gasteiger charge is 2.45. The summed E-state index contributed by atoms with van der Waals surface area (Å²) in [6, 6.07) is 0. The van der Waals surface area contributed by atoms with E-state index in [-0.39, 0.29) is 4.08 Å². The van der Waals surface area contributed by atoms with Gasteiger partial charge in [0.2, 0.25) is 0 Å². The standard InChI is InChI=1S/C3H6S3/c4-2-1-3(2,5)6/h2,4-6H,1H2. The second-order valence-electron chi connectivity index (χ2n) is 1.60. The molecule has 0 aromatic carbocycles. The molecule has 1 rings (SSSR count). The Morgan fingerprint density at radius 1 is 1.50 bits per heavy atom. The van der Waals surface area contributed by atoms with Crippen LogP contribution in [0.4, 0.5) is 0 Å². The van der Waals surface area contributed by atoms with Crippen molar-refractivity contribution in [3.63, 3.8) is 0 Å². The molecule has 1 saturated carbocycles. The molecule has 1 atom stereocenters. The van der Waals surface area contributed by atoms with Gasteiger partial charge in [-0.15, -0.1) is 0 Å². The van der Waals surface area contributed by atoms with Crippen molar-refractivity contribution in [2.45, 2.75) is 15.7 Å². The van der Waals surface area contributed by atoms with Crippen molar-refractivity contribution in [2.75, 3.05) is 0 Å². The third-order valence-corrected chi connectivity index (χ3v) is 2.89. The topological polar surface area (TPSA) is 0 Å². The minimum atomic E-state index is -0.0386. The van der Waals surface area contributed by atoms with Crippen LogP contribution >= 0.6 is 37.9 Å². The summed E-state index contributed by atoms with van der Waals surface area (Å²) in [4.78, 5) is 0. The van der Waals surface area contributed by atoms with Crippen LogP contribution in [0.2, 0.25) is 0 Å². The van der Waals surface area contributed by atoms with Crippen LogP contribution in [0.5, 0.6) is 0 Å². The maximum absolute atomic E-state index is 4.12. The molecule has 1 aliphatic carbocycles. The molecule has 1 fully saturated rings. The fourth-order valence-electron chi connectivity index (χ4n) is 0.226. The SMILES string of the molecule is SC1CC1(S)S. The van der Waals surface area contributed by atoms with Crippen molar-refractivity contribution in [3.05, 3.63) is 0 Å². The molecule has 0 aromatic heterocycles.